The predicted octanol–water partition coefficient (Wildman–Crippen LogP) is 25.3. The van der Waals surface area contributed by atoms with Crippen molar-refractivity contribution in [1.29, 1.82) is 0 Å². The lowest BCUT2D eigenvalue weighted by Gasteiger charge is -2.32. The largest absolute Gasteiger partial charge is 0.494 e. The zero-order chi connectivity index (χ0) is 78.3. The van der Waals surface area contributed by atoms with Crippen LogP contribution in [0.2, 0.25) is 5.15 Å². The highest BCUT2D eigenvalue weighted by molar-refractivity contribution is 7.27. The molecule has 0 bridgehead atoms. The zero-order valence-electron chi connectivity index (χ0n) is 63.5. The first-order valence-corrected chi connectivity index (χ1v) is 40.4. The van der Waals surface area contributed by atoms with Gasteiger partial charge in [0.25, 0.3) is 0 Å². The fourth-order valence-electron chi connectivity index (χ4n) is 14.6. The van der Waals surface area contributed by atoms with Crippen molar-refractivity contribution in [3.63, 3.8) is 0 Å². The normalized spacial score (nSPS) is 12.9. The van der Waals surface area contributed by atoms with Crippen LogP contribution in [0.15, 0.2) is 352 Å². The molecule has 21 rings (SSSR count). The molecule has 12 aromatic carbocycles. The molecule has 1 aliphatic heterocycles. The smallest absolute Gasteiger partial charge is 0.399 e. The Morgan fingerprint density at radius 3 is 1.03 bits per heavy atom. The van der Waals surface area contributed by atoms with Crippen LogP contribution < -0.4 is 5.46 Å². The van der Waals surface area contributed by atoms with Gasteiger partial charge in [-0.25, -0.2) is 39.9 Å². The van der Waals surface area contributed by atoms with Crippen molar-refractivity contribution in [3.8, 4) is 124 Å². The average Bonchev–Trinajstić information content (AvgIpc) is 1.58. The molecule has 0 atom stereocenters. The molecule has 0 saturated carbocycles. The van der Waals surface area contributed by atoms with Crippen LogP contribution in [0.3, 0.4) is 0 Å². The monoisotopic (exact) mass is 1550 g/mol. The van der Waals surface area contributed by atoms with E-state index in [1.165, 1.54) is 36.7 Å². The lowest BCUT2D eigenvalue weighted by Crippen LogP contribution is -2.41. The number of nitrogens with zero attached hydrogens (tertiary/aromatic N) is 10. The maximum Gasteiger partial charge on any atom is 0.494 e. The minimum Gasteiger partial charge on any atom is -0.399 e. The fourth-order valence-corrected chi connectivity index (χ4v) is 17.3. The van der Waals surface area contributed by atoms with Crippen LogP contribution in [0.4, 0.5) is 0 Å². The van der Waals surface area contributed by atoms with E-state index in [0.717, 1.165) is 120 Å². The van der Waals surface area contributed by atoms with Crippen molar-refractivity contribution in [1.82, 2.24) is 49.8 Å². The summed E-state index contributed by atoms with van der Waals surface area (Å²) in [5.74, 6) is 3.80. The van der Waals surface area contributed by atoms with Crippen LogP contribution in [0.1, 0.15) is 27.7 Å². The maximum absolute atomic E-state index is 6.28. The Hall–Kier alpha value is -13.5. The van der Waals surface area contributed by atoms with Gasteiger partial charge in [-0.1, -0.05) is 303 Å². The molecule has 0 radical (unpaired) electrons. The first-order valence-electron chi connectivity index (χ1n) is 38.4. The lowest BCUT2D eigenvalue weighted by molar-refractivity contribution is 0.00578. The summed E-state index contributed by atoms with van der Waals surface area (Å²) < 4.78 is 17.1. The number of thiophene rings is 2. The molecular weight excluding hydrogens is 1480 g/mol. The van der Waals surface area contributed by atoms with Gasteiger partial charge in [0, 0.05) is 82.3 Å². The number of pyridine rings is 4. The van der Waals surface area contributed by atoms with Gasteiger partial charge in [-0.05, 0) is 126 Å². The molecule has 0 unspecified atom stereocenters. The third-order valence-electron chi connectivity index (χ3n) is 21.4. The number of hydrogen-bond donors (Lipinski definition) is 0. The van der Waals surface area contributed by atoms with Crippen LogP contribution in [-0.2, 0) is 9.31 Å². The van der Waals surface area contributed by atoms with Crippen molar-refractivity contribution in [2.75, 3.05) is 0 Å². The highest BCUT2D eigenvalue weighted by atomic mass is 35.5. The first-order chi connectivity index (χ1) is 56.8. The highest BCUT2D eigenvalue weighted by Gasteiger charge is 2.51. The van der Waals surface area contributed by atoms with Gasteiger partial charge < -0.3 is 9.31 Å². The molecule has 116 heavy (non-hydrogen) atoms. The number of benzene rings is 12. The van der Waals surface area contributed by atoms with E-state index in [-0.39, 0.29) is 11.2 Å². The van der Waals surface area contributed by atoms with E-state index in [0.29, 0.717) is 40.1 Å². The van der Waals surface area contributed by atoms with Crippen molar-refractivity contribution < 1.29 is 9.31 Å². The van der Waals surface area contributed by atoms with Gasteiger partial charge in [0.1, 0.15) is 5.15 Å². The average molecular weight is 1550 g/mol. The minimum atomic E-state index is -0.391. The predicted molar refractivity (Wildman–Crippen MR) is 479 cm³/mol. The van der Waals surface area contributed by atoms with Gasteiger partial charge in [-0.2, -0.15) is 0 Å². The third kappa shape index (κ3) is 14.5. The molecule has 0 aliphatic carbocycles. The molecule has 1 fully saturated rings. The van der Waals surface area contributed by atoms with E-state index in [2.05, 4.69) is 262 Å². The second-order valence-corrected chi connectivity index (χ2v) is 31.9. The minimum absolute atomic E-state index is 0.378. The Kier molecular flexibility index (Phi) is 19.5. The summed E-state index contributed by atoms with van der Waals surface area (Å²) in [4.78, 5) is 48.5. The van der Waals surface area contributed by atoms with Crippen LogP contribution in [0.25, 0.3) is 187 Å². The van der Waals surface area contributed by atoms with Gasteiger partial charge >= 0.3 is 7.12 Å². The molecule has 20 aromatic rings. The van der Waals surface area contributed by atoms with E-state index < -0.39 is 7.12 Å². The summed E-state index contributed by atoms with van der Waals surface area (Å²) in [6.45, 7) is 8.29. The topological polar surface area (TPSA) is 147 Å². The van der Waals surface area contributed by atoms with Crippen molar-refractivity contribution in [3.05, 3.63) is 357 Å². The molecule has 9 heterocycles. The van der Waals surface area contributed by atoms with Crippen molar-refractivity contribution in [2.24, 2.45) is 0 Å². The molecule has 16 heteroatoms. The lowest BCUT2D eigenvalue weighted by atomic mass is 9.78. The number of fused-ring (bicyclic) bond motifs is 10. The molecule has 0 spiro atoms. The van der Waals surface area contributed by atoms with Gasteiger partial charge in [-0.3, -0.25) is 9.97 Å². The SMILES string of the molecule is CC1(C)OB(c2ccc(-c3cccc(-c4nc(-c5ccccc5)nc(-c5ccc(-c6ccccc6)cc5)n4)c3)cc2)OC1(C)C.Clc1nc2cccnc2c2c1sc1ccccc12.c1ccc(-c2ccc(-c3nc(-c4ccccc4)nc(-c4cccc(-c5ccc(-c6nc7cccnc7c7c6sc6ccccc67)cc5)c4)n3)cc2)cc1. The third-order valence-corrected chi connectivity index (χ3v) is 24.2. The molecule has 554 valence electrons. The molecule has 12 nitrogen and oxygen atoms in total. The second-order valence-electron chi connectivity index (χ2n) is 29.4. The van der Waals surface area contributed by atoms with E-state index in [9.17, 15) is 0 Å². The van der Waals surface area contributed by atoms with Crippen LogP contribution in [0, 0.1) is 0 Å². The first kappa shape index (κ1) is 72.7. The molecule has 1 saturated heterocycles. The van der Waals surface area contributed by atoms with E-state index in [4.69, 9.17) is 60.8 Å². The Morgan fingerprint density at radius 1 is 0.276 bits per heavy atom. The summed E-state index contributed by atoms with van der Waals surface area (Å²) in [7, 11) is -0.391. The van der Waals surface area contributed by atoms with Crippen LogP contribution in [-0.4, -0.2) is 68.2 Å². The van der Waals surface area contributed by atoms with Crippen molar-refractivity contribution >= 4 is 109 Å². The van der Waals surface area contributed by atoms with Gasteiger partial charge in [0.15, 0.2) is 34.9 Å². The fraction of sp³-hybridized carbons (Fsp3) is 0.0600. The maximum atomic E-state index is 6.28. The number of halogens is 1. The van der Waals surface area contributed by atoms with E-state index in [1.54, 1.807) is 28.9 Å². The highest BCUT2D eigenvalue weighted by Crippen LogP contribution is 2.45. The second kappa shape index (κ2) is 31.1. The molecule has 1 aliphatic rings. The van der Waals surface area contributed by atoms with Crippen molar-refractivity contribution in [2.45, 2.75) is 38.9 Å². The summed E-state index contributed by atoms with van der Waals surface area (Å²) in [5.41, 5.74) is 20.5. The molecule has 0 amide bonds. The standard InChI is InChI=1S/C47H29N5S.C39H34BN3O2.C14H7ClN2S/c1-3-11-30(12-4-1)31-22-26-35(27-23-31)46-50-45(34-13-5-2-6-14-34)51-47(52-46)37-16-9-15-36(29-37)32-20-24-33(25-21-32)42-44-41(38-17-7-8-19-40(38)53-44)43-39(49-42)18-10-28-48-43;1-38(2)39(3,4)45-40(44-38)34-24-22-29(23-25-34)32-16-11-17-33(26-32)37-42-35(30-14-9-6-10-15-30)41-36(43-37)31-20-18-28(19-21-31)27-12-7-5-8-13-27;15-14-13-11(8-4-1-2-6-10(8)18-13)12-9(17-14)5-3-7-16-12/h1-29H;5-26H,1-4H3;1-7H. The number of rotatable bonds is 12. The quantitative estimate of drug-likeness (QED) is 0.0847. The molecule has 0 N–H and O–H groups in total. The Morgan fingerprint density at radius 2 is 0.586 bits per heavy atom. The number of aromatic nitrogens is 10. The van der Waals surface area contributed by atoms with Gasteiger partial charge in [0.2, 0.25) is 0 Å². The Labute approximate surface area is 683 Å². The zero-order valence-corrected chi connectivity index (χ0v) is 65.9. The molecule has 8 aromatic heterocycles. The molecular formula is C100H70BClN10O2S2. The summed E-state index contributed by atoms with van der Waals surface area (Å²) >= 11 is 9.72. The van der Waals surface area contributed by atoms with E-state index >= 15 is 0 Å². The summed E-state index contributed by atoms with van der Waals surface area (Å²) in [6, 6.07) is 116. The van der Waals surface area contributed by atoms with Crippen LogP contribution >= 0.6 is 34.3 Å². The Balaban J connectivity index is 0.000000128. The number of hydrogen-bond acceptors (Lipinski definition) is 14. The van der Waals surface area contributed by atoms with E-state index in [1.807, 2.05) is 121 Å². The summed E-state index contributed by atoms with van der Waals surface area (Å²) in [6.07, 6.45) is 3.64. The van der Waals surface area contributed by atoms with Gasteiger partial charge in [0.05, 0.1) is 48.4 Å². The summed E-state index contributed by atoms with van der Waals surface area (Å²) in [5, 5.41) is 5.26. The van der Waals surface area contributed by atoms with Gasteiger partial charge in [-0.15, -0.1) is 22.7 Å². The van der Waals surface area contributed by atoms with Crippen LogP contribution in [0.5, 0.6) is 0 Å². The Bertz CT molecular complexity index is 7010.